The van der Waals surface area contributed by atoms with E-state index in [-0.39, 0.29) is 6.04 Å². The molecule has 0 aliphatic carbocycles. The Balaban J connectivity index is 1.83. The molecule has 0 amide bonds. The largest absolute Gasteiger partial charge is 0.493 e. The molecule has 1 atom stereocenters. The molecule has 0 saturated carbocycles. The topological polar surface area (TPSA) is 38.5 Å². The maximum atomic E-state index is 6.08. The SMILES string of the molecule is CCC(N)Cc1cc(Br)ccc1OCCCN1CCCC1. The summed E-state index contributed by atoms with van der Waals surface area (Å²) >= 11 is 3.53. The van der Waals surface area contributed by atoms with Gasteiger partial charge in [0, 0.05) is 17.1 Å². The molecule has 1 saturated heterocycles. The van der Waals surface area contributed by atoms with Gasteiger partial charge in [0.15, 0.2) is 0 Å². The average molecular weight is 355 g/mol. The predicted octanol–water partition coefficient (Wildman–Crippen LogP) is 3.59. The molecule has 0 spiro atoms. The van der Waals surface area contributed by atoms with Crippen LogP contribution < -0.4 is 10.5 Å². The van der Waals surface area contributed by atoms with E-state index in [9.17, 15) is 0 Å². The van der Waals surface area contributed by atoms with Crippen molar-refractivity contribution in [1.29, 1.82) is 0 Å². The Kier molecular flexibility index (Phi) is 7.00. The van der Waals surface area contributed by atoms with Gasteiger partial charge < -0.3 is 15.4 Å². The molecule has 0 radical (unpaired) electrons. The lowest BCUT2D eigenvalue weighted by Crippen LogP contribution is -2.23. The third-order valence-electron chi connectivity index (χ3n) is 4.10. The second-order valence-electron chi connectivity index (χ2n) is 5.88. The molecule has 1 aliphatic rings. The van der Waals surface area contributed by atoms with E-state index in [0.717, 1.165) is 42.6 Å². The van der Waals surface area contributed by atoms with E-state index >= 15 is 0 Å². The third-order valence-corrected chi connectivity index (χ3v) is 4.60. The zero-order chi connectivity index (χ0) is 15.1. The fourth-order valence-electron chi connectivity index (χ4n) is 2.75. The fourth-order valence-corrected chi connectivity index (χ4v) is 3.16. The molecule has 2 rings (SSSR count). The van der Waals surface area contributed by atoms with Crippen molar-refractivity contribution in [2.75, 3.05) is 26.2 Å². The molecule has 1 aromatic carbocycles. The van der Waals surface area contributed by atoms with Crippen LogP contribution in [0.3, 0.4) is 0 Å². The minimum absolute atomic E-state index is 0.200. The molecule has 118 valence electrons. The van der Waals surface area contributed by atoms with E-state index in [4.69, 9.17) is 10.5 Å². The molecule has 1 aromatic rings. The van der Waals surface area contributed by atoms with E-state index in [1.807, 2.05) is 6.07 Å². The first-order chi connectivity index (χ1) is 10.2. The van der Waals surface area contributed by atoms with E-state index in [0.29, 0.717) is 0 Å². The van der Waals surface area contributed by atoms with Crippen LogP contribution in [-0.4, -0.2) is 37.2 Å². The first kappa shape index (κ1) is 16.8. The minimum Gasteiger partial charge on any atom is -0.493 e. The highest BCUT2D eigenvalue weighted by Crippen LogP contribution is 2.25. The highest BCUT2D eigenvalue weighted by atomic mass is 79.9. The summed E-state index contributed by atoms with van der Waals surface area (Å²) in [6, 6.07) is 6.42. The number of nitrogens with zero attached hydrogens (tertiary/aromatic N) is 1. The second-order valence-corrected chi connectivity index (χ2v) is 6.79. The number of benzene rings is 1. The van der Waals surface area contributed by atoms with Crippen molar-refractivity contribution in [1.82, 2.24) is 4.90 Å². The number of rotatable bonds is 8. The molecule has 1 heterocycles. The van der Waals surface area contributed by atoms with Crippen LogP contribution in [0.2, 0.25) is 0 Å². The van der Waals surface area contributed by atoms with Crippen molar-refractivity contribution in [2.24, 2.45) is 5.73 Å². The normalized spacial score (nSPS) is 17.1. The van der Waals surface area contributed by atoms with Crippen LogP contribution in [0.25, 0.3) is 0 Å². The number of likely N-dealkylation sites (tertiary alicyclic amines) is 1. The zero-order valence-electron chi connectivity index (χ0n) is 13.0. The summed E-state index contributed by atoms with van der Waals surface area (Å²) in [4.78, 5) is 2.53. The first-order valence-electron chi connectivity index (χ1n) is 8.08. The van der Waals surface area contributed by atoms with Gasteiger partial charge >= 0.3 is 0 Å². The van der Waals surface area contributed by atoms with Crippen LogP contribution >= 0.6 is 15.9 Å². The third kappa shape index (κ3) is 5.61. The number of nitrogens with two attached hydrogens (primary N) is 1. The van der Waals surface area contributed by atoms with Crippen LogP contribution in [0.1, 0.15) is 38.2 Å². The maximum Gasteiger partial charge on any atom is 0.122 e. The molecule has 1 unspecified atom stereocenters. The van der Waals surface area contributed by atoms with Crippen LogP contribution in [-0.2, 0) is 6.42 Å². The molecule has 1 fully saturated rings. The Bertz CT molecular complexity index is 433. The predicted molar refractivity (Wildman–Crippen MR) is 91.9 cm³/mol. The van der Waals surface area contributed by atoms with Crippen molar-refractivity contribution in [3.63, 3.8) is 0 Å². The lowest BCUT2D eigenvalue weighted by Gasteiger charge is -2.17. The van der Waals surface area contributed by atoms with Crippen LogP contribution in [0.15, 0.2) is 22.7 Å². The monoisotopic (exact) mass is 354 g/mol. The fraction of sp³-hybridized carbons (Fsp3) is 0.647. The molecule has 0 bridgehead atoms. The van der Waals surface area contributed by atoms with Gasteiger partial charge in [0.25, 0.3) is 0 Å². The van der Waals surface area contributed by atoms with Gasteiger partial charge in [-0.25, -0.2) is 0 Å². The molecule has 1 aliphatic heterocycles. The van der Waals surface area contributed by atoms with E-state index < -0.39 is 0 Å². The first-order valence-corrected chi connectivity index (χ1v) is 8.87. The van der Waals surface area contributed by atoms with Gasteiger partial charge in [-0.1, -0.05) is 22.9 Å². The van der Waals surface area contributed by atoms with Gasteiger partial charge in [0.05, 0.1) is 6.61 Å². The van der Waals surface area contributed by atoms with Crippen LogP contribution in [0.4, 0.5) is 0 Å². The van der Waals surface area contributed by atoms with Gasteiger partial charge in [-0.2, -0.15) is 0 Å². The molecular weight excluding hydrogens is 328 g/mol. The Morgan fingerprint density at radius 2 is 2.10 bits per heavy atom. The number of ether oxygens (including phenoxy) is 1. The van der Waals surface area contributed by atoms with Crippen molar-refractivity contribution in [3.8, 4) is 5.75 Å². The highest BCUT2D eigenvalue weighted by Gasteiger charge is 2.11. The van der Waals surface area contributed by atoms with E-state index in [1.54, 1.807) is 0 Å². The van der Waals surface area contributed by atoms with Crippen LogP contribution in [0, 0.1) is 0 Å². The summed E-state index contributed by atoms with van der Waals surface area (Å²) in [5, 5.41) is 0. The number of hydrogen-bond donors (Lipinski definition) is 1. The highest BCUT2D eigenvalue weighted by molar-refractivity contribution is 9.10. The molecule has 2 N–H and O–H groups in total. The zero-order valence-corrected chi connectivity index (χ0v) is 14.6. The average Bonchev–Trinajstić information content (AvgIpc) is 2.98. The van der Waals surface area contributed by atoms with Crippen molar-refractivity contribution >= 4 is 15.9 Å². The van der Waals surface area contributed by atoms with Gasteiger partial charge in [-0.3, -0.25) is 0 Å². The summed E-state index contributed by atoms with van der Waals surface area (Å²) in [5.74, 6) is 0.989. The molecule has 3 nitrogen and oxygen atoms in total. The summed E-state index contributed by atoms with van der Waals surface area (Å²) in [7, 11) is 0. The molecular formula is C17H27BrN2O. The second kappa shape index (κ2) is 8.76. The lowest BCUT2D eigenvalue weighted by molar-refractivity contribution is 0.261. The minimum atomic E-state index is 0.200. The summed E-state index contributed by atoms with van der Waals surface area (Å²) in [6.07, 6.45) is 5.66. The van der Waals surface area contributed by atoms with E-state index in [2.05, 4.69) is 39.9 Å². The summed E-state index contributed by atoms with van der Waals surface area (Å²) in [6.45, 7) is 6.58. The smallest absolute Gasteiger partial charge is 0.122 e. The van der Waals surface area contributed by atoms with Gasteiger partial charge in [0.2, 0.25) is 0 Å². The van der Waals surface area contributed by atoms with Gasteiger partial charge in [-0.05, 0) is 69.0 Å². The molecule has 21 heavy (non-hydrogen) atoms. The standard InChI is InChI=1S/C17H27BrN2O/c1-2-16(19)13-14-12-15(18)6-7-17(14)21-11-5-10-20-8-3-4-9-20/h6-7,12,16H,2-5,8-11,13,19H2,1H3. The van der Waals surface area contributed by atoms with Crippen molar-refractivity contribution in [3.05, 3.63) is 28.2 Å². The number of hydrogen-bond acceptors (Lipinski definition) is 3. The van der Waals surface area contributed by atoms with Crippen molar-refractivity contribution in [2.45, 2.75) is 45.1 Å². The Labute approximate surface area is 137 Å². The maximum absolute atomic E-state index is 6.08. The lowest BCUT2D eigenvalue weighted by atomic mass is 10.0. The Morgan fingerprint density at radius 1 is 1.33 bits per heavy atom. The quantitative estimate of drug-likeness (QED) is 0.725. The van der Waals surface area contributed by atoms with Gasteiger partial charge in [0.1, 0.15) is 5.75 Å². The Morgan fingerprint density at radius 3 is 2.81 bits per heavy atom. The van der Waals surface area contributed by atoms with E-state index in [1.165, 1.54) is 31.5 Å². The van der Waals surface area contributed by atoms with Crippen molar-refractivity contribution < 1.29 is 4.74 Å². The molecule has 4 heteroatoms. The van der Waals surface area contributed by atoms with Crippen LogP contribution in [0.5, 0.6) is 5.75 Å². The molecule has 0 aromatic heterocycles. The summed E-state index contributed by atoms with van der Waals surface area (Å²) < 4.78 is 7.08. The van der Waals surface area contributed by atoms with Gasteiger partial charge in [-0.15, -0.1) is 0 Å². The summed E-state index contributed by atoms with van der Waals surface area (Å²) in [5.41, 5.74) is 7.29. The number of halogens is 1. The Hall–Kier alpha value is -0.580.